The number of carboxylic acids is 2. The first-order valence-corrected chi connectivity index (χ1v) is 5.61. The second kappa shape index (κ2) is 5.30. The van der Waals surface area contributed by atoms with Gasteiger partial charge in [0, 0.05) is 11.6 Å². The Kier molecular flexibility index (Phi) is 3.56. The van der Waals surface area contributed by atoms with Crippen LogP contribution in [0.1, 0.15) is 26.3 Å². The molecular weight excluding hydrogens is 246 g/mol. The first kappa shape index (κ1) is 12.8. The van der Waals surface area contributed by atoms with Gasteiger partial charge in [0.05, 0.1) is 5.56 Å². The van der Waals surface area contributed by atoms with Crippen molar-refractivity contribution < 1.29 is 24.4 Å². The second-order valence-corrected chi connectivity index (χ2v) is 4.08. The predicted molar refractivity (Wildman–Crippen MR) is 66.1 cm³/mol. The lowest BCUT2D eigenvalue weighted by atomic mass is 10.1. The Bertz CT molecular complexity index is 581. The van der Waals surface area contributed by atoms with Crippen molar-refractivity contribution >= 4 is 11.9 Å². The van der Waals surface area contributed by atoms with Crippen LogP contribution in [-0.4, -0.2) is 22.2 Å². The quantitative estimate of drug-likeness (QED) is 0.813. The summed E-state index contributed by atoms with van der Waals surface area (Å²) in [6, 6.07) is 9.71. The van der Waals surface area contributed by atoms with Crippen molar-refractivity contribution in [2.75, 3.05) is 0 Å². The summed E-state index contributed by atoms with van der Waals surface area (Å²) in [6.07, 6.45) is 3.25. The number of aromatic carboxylic acids is 2. The van der Waals surface area contributed by atoms with Crippen molar-refractivity contribution in [1.29, 1.82) is 0 Å². The molecule has 0 spiro atoms. The van der Waals surface area contributed by atoms with Gasteiger partial charge in [0.2, 0.25) is 0 Å². The summed E-state index contributed by atoms with van der Waals surface area (Å²) in [5.41, 5.74) is 1.21. The number of carbonyl (C=O) groups is 2. The van der Waals surface area contributed by atoms with Gasteiger partial charge in [-0.05, 0) is 18.2 Å². The lowest BCUT2D eigenvalue weighted by molar-refractivity contribution is -0.688. The maximum atomic E-state index is 10.9. The molecular formula is C14H12NO4+. The summed E-state index contributed by atoms with van der Waals surface area (Å²) >= 11 is 0. The van der Waals surface area contributed by atoms with Crippen LogP contribution in [0.2, 0.25) is 0 Å². The lowest BCUT2D eigenvalue weighted by Crippen LogP contribution is -2.34. The molecule has 0 saturated carbocycles. The van der Waals surface area contributed by atoms with Crippen molar-refractivity contribution in [3.63, 3.8) is 0 Å². The Morgan fingerprint density at radius 3 is 2.37 bits per heavy atom. The van der Waals surface area contributed by atoms with Gasteiger partial charge in [-0.2, -0.15) is 4.57 Å². The molecule has 0 aliphatic rings. The van der Waals surface area contributed by atoms with Crippen LogP contribution in [0.4, 0.5) is 0 Å². The topological polar surface area (TPSA) is 78.5 Å². The molecule has 0 bridgehead atoms. The molecule has 0 radical (unpaired) electrons. The van der Waals surface area contributed by atoms with E-state index in [2.05, 4.69) is 0 Å². The van der Waals surface area contributed by atoms with Crippen molar-refractivity contribution in [2.24, 2.45) is 0 Å². The molecule has 0 fully saturated rings. The molecule has 5 nitrogen and oxygen atoms in total. The molecule has 1 aromatic heterocycles. The molecule has 2 aromatic rings. The van der Waals surface area contributed by atoms with E-state index < -0.39 is 11.9 Å². The van der Waals surface area contributed by atoms with Crippen LogP contribution < -0.4 is 4.57 Å². The zero-order chi connectivity index (χ0) is 13.8. The predicted octanol–water partition coefficient (Wildman–Crippen LogP) is 1.42. The number of hydrogen-bond acceptors (Lipinski definition) is 2. The maximum absolute atomic E-state index is 10.9. The number of hydrogen-bond donors (Lipinski definition) is 2. The van der Waals surface area contributed by atoms with E-state index in [4.69, 9.17) is 10.2 Å². The van der Waals surface area contributed by atoms with Gasteiger partial charge in [-0.3, -0.25) is 0 Å². The van der Waals surface area contributed by atoms with E-state index in [0.29, 0.717) is 6.54 Å². The zero-order valence-electron chi connectivity index (χ0n) is 9.98. The van der Waals surface area contributed by atoms with Crippen molar-refractivity contribution in [1.82, 2.24) is 0 Å². The van der Waals surface area contributed by atoms with Crippen molar-refractivity contribution in [3.05, 3.63) is 65.5 Å². The van der Waals surface area contributed by atoms with E-state index in [-0.39, 0.29) is 11.1 Å². The van der Waals surface area contributed by atoms with Crippen LogP contribution in [0, 0.1) is 0 Å². The fraction of sp³-hybridized carbons (Fsp3) is 0.0714. The number of carboxylic acid groups (broad SMARTS) is 2. The molecule has 96 valence electrons. The van der Waals surface area contributed by atoms with E-state index in [1.165, 1.54) is 18.3 Å². The van der Waals surface area contributed by atoms with Gasteiger partial charge >= 0.3 is 11.9 Å². The van der Waals surface area contributed by atoms with E-state index in [1.54, 1.807) is 35.0 Å². The molecule has 0 aliphatic carbocycles. The molecule has 5 heteroatoms. The Balaban J connectivity index is 2.26. The fourth-order valence-electron chi connectivity index (χ4n) is 1.76. The Morgan fingerprint density at radius 1 is 1.00 bits per heavy atom. The minimum Gasteiger partial charge on any atom is -0.478 e. The molecule has 0 unspecified atom stereocenters. The highest BCUT2D eigenvalue weighted by Crippen LogP contribution is 2.05. The van der Waals surface area contributed by atoms with Crippen molar-refractivity contribution in [2.45, 2.75) is 6.54 Å². The number of pyridine rings is 1. The van der Waals surface area contributed by atoms with Gasteiger partial charge in [-0.1, -0.05) is 12.1 Å². The molecule has 1 heterocycles. The largest absolute Gasteiger partial charge is 0.478 e. The smallest absolute Gasteiger partial charge is 0.341 e. The normalized spacial score (nSPS) is 10.1. The molecule has 2 rings (SSSR count). The van der Waals surface area contributed by atoms with Gasteiger partial charge < -0.3 is 10.2 Å². The maximum Gasteiger partial charge on any atom is 0.341 e. The molecule has 0 saturated heterocycles. The Hall–Kier alpha value is -2.69. The Morgan fingerprint density at radius 2 is 1.68 bits per heavy atom. The summed E-state index contributed by atoms with van der Waals surface area (Å²) < 4.78 is 1.70. The van der Waals surface area contributed by atoms with Crippen LogP contribution in [0.5, 0.6) is 0 Å². The molecule has 0 aliphatic heterocycles. The minimum atomic E-state index is -0.992. The number of rotatable bonds is 4. The first-order valence-electron chi connectivity index (χ1n) is 5.61. The SMILES string of the molecule is O=C(O)c1cccc(C[n+]2cccc(C(=O)O)c2)c1. The van der Waals surface area contributed by atoms with Crippen LogP contribution in [0.25, 0.3) is 0 Å². The molecule has 0 atom stereocenters. The van der Waals surface area contributed by atoms with E-state index in [9.17, 15) is 9.59 Å². The van der Waals surface area contributed by atoms with Crippen LogP contribution >= 0.6 is 0 Å². The van der Waals surface area contributed by atoms with Crippen LogP contribution in [0.15, 0.2) is 48.8 Å². The first-order chi connectivity index (χ1) is 9.06. The average molecular weight is 258 g/mol. The van der Waals surface area contributed by atoms with Gasteiger partial charge in [0.1, 0.15) is 5.56 Å². The molecule has 0 amide bonds. The van der Waals surface area contributed by atoms with Gasteiger partial charge in [-0.15, -0.1) is 0 Å². The highest BCUT2D eigenvalue weighted by molar-refractivity contribution is 5.87. The monoisotopic (exact) mass is 258 g/mol. The summed E-state index contributed by atoms with van der Waals surface area (Å²) in [7, 11) is 0. The Labute approximate surface area is 109 Å². The third kappa shape index (κ3) is 3.16. The number of aromatic nitrogens is 1. The standard InChI is InChI=1S/C14H11NO4/c16-13(17)11-4-1-3-10(7-11)8-15-6-2-5-12(9-15)14(18)19/h1-7,9H,8H2,(H-,16,17,18,19)/p+1. The summed E-state index contributed by atoms with van der Waals surface area (Å²) in [5, 5.41) is 17.8. The van der Waals surface area contributed by atoms with Gasteiger partial charge in [-0.25, -0.2) is 9.59 Å². The molecule has 19 heavy (non-hydrogen) atoms. The molecule has 2 N–H and O–H groups in total. The summed E-state index contributed by atoms with van der Waals surface area (Å²) in [5.74, 6) is -1.97. The summed E-state index contributed by atoms with van der Waals surface area (Å²) in [4.78, 5) is 21.7. The zero-order valence-corrected chi connectivity index (χ0v) is 9.98. The highest BCUT2D eigenvalue weighted by atomic mass is 16.4. The average Bonchev–Trinajstić information content (AvgIpc) is 2.39. The van der Waals surface area contributed by atoms with Crippen LogP contribution in [0.3, 0.4) is 0 Å². The highest BCUT2D eigenvalue weighted by Gasteiger charge is 2.10. The fourth-order valence-corrected chi connectivity index (χ4v) is 1.76. The van der Waals surface area contributed by atoms with E-state index in [0.717, 1.165) is 5.56 Å². The number of benzene rings is 1. The number of nitrogens with zero attached hydrogens (tertiary/aromatic N) is 1. The van der Waals surface area contributed by atoms with Gasteiger partial charge in [0.15, 0.2) is 18.9 Å². The van der Waals surface area contributed by atoms with E-state index >= 15 is 0 Å². The lowest BCUT2D eigenvalue weighted by Gasteiger charge is -2.00. The van der Waals surface area contributed by atoms with E-state index in [1.807, 2.05) is 0 Å². The third-order valence-corrected chi connectivity index (χ3v) is 2.64. The third-order valence-electron chi connectivity index (χ3n) is 2.64. The van der Waals surface area contributed by atoms with Gasteiger partial charge in [0.25, 0.3) is 0 Å². The second-order valence-electron chi connectivity index (χ2n) is 4.08. The minimum absolute atomic E-state index is 0.192. The van der Waals surface area contributed by atoms with Crippen molar-refractivity contribution in [3.8, 4) is 0 Å². The summed E-state index contributed by atoms with van der Waals surface area (Å²) in [6.45, 7) is 0.419. The molecule has 1 aromatic carbocycles. The van der Waals surface area contributed by atoms with Crippen LogP contribution in [-0.2, 0) is 6.54 Å².